The highest BCUT2D eigenvalue weighted by molar-refractivity contribution is 5.99. The first-order chi connectivity index (χ1) is 5.20. The maximum atomic E-state index is 10.9. The SMILES string of the molecule is C/C=C/C(=O)/C=C(C)/C=C/C. The molecule has 0 saturated heterocycles. The van der Waals surface area contributed by atoms with Crippen molar-refractivity contribution in [1.82, 2.24) is 0 Å². The molecule has 0 amide bonds. The van der Waals surface area contributed by atoms with Gasteiger partial charge in [-0.15, -0.1) is 0 Å². The van der Waals surface area contributed by atoms with Crippen molar-refractivity contribution in [2.24, 2.45) is 0 Å². The molecule has 0 saturated carbocycles. The molecule has 0 aromatic carbocycles. The van der Waals surface area contributed by atoms with Crippen molar-refractivity contribution in [2.75, 3.05) is 0 Å². The second-order valence-corrected chi connectivity index (χ2v) is 2.29. The van der Waals surface area contributed by atoms with Gasteiger partial charge in [-0.2, -0.15) is 0 Å². The zero-order chi connectivity index (χ0) is 8.69. The molecule has 0 rings (SSSR count). The number of hydrogen-bond acceptors (Lipinski definition) is 1. The van der Waals surface area contributed by atoms with Crippen molar-refractivity contribution < 1.29 is 4.79 Å². The Hall–Kier alpha value is -1.11. The number of rotatable bonds is 3. The van der Waals surface area contributed by atoms with Gasteiger partial charge >= 0.3 is 0 Å². The summed E-state index contributed by atoms with van der Waals surface area (Å²) >= 11 is 0. The maximum Gasteiger partial charge on any atom is 0.178 e. The summed E-state index contributed by atoms with van der Waals surface area (Å²) < 4.78 is 0. The molecular formula is C10H14O. The van der Waals surface area contributed by atoms with Crippen molar-refractivity contribution in [2.45, 2.75) is 20.8 Å². The highest BCUT2D eigenvalue weighted by Gasteiger charge is 1.88. The molecule has 0 heterocycles. The zero-order valence-electron chi connectivity index (χ0n) is 7.29. The zero-order valence-corrected chi connectivity index (χ0v) is 7.29. The van der Waals surface area contributed by atoms with E-state index in [0.29, 0.717) is 0 Å². The Morgan fingerprint density at radius 1 is 1.09 bits per heavy atom. The van der Waals surface area contributed by atoms with Gasteiger partial charge in [-0.3, -0.25) is 4.79 Å². The van der Waals surface area contributed by atoms with Crippen LogP contribution in [0.25, 0.3) is 0 Å². The third-order valence-electron chi connectivity index (χ3n) is 1.13. The summed E-state index contributed by atoms with van der Waals surface area (Å²) in [6.07, 6.45) is 8.71. The van der Waals surface area contributed by atoms with Gasteiger partial charge in [0.15, 0.2) is 5.78 Å². The van der Waals surface area contributed by atoms with Crippen LogP contribution < -0.4 is 0 Å². The van der Waals surface area contributed by atoms with E-state index in [1.54, 1.807) is 18.2 Å². The molecule has 11 heavy (non-hydrogen) atoms. The van der Waals surface area contributed by atoms with E-state index in [2.05, 4.69) is 0 Å². The lowest BCUT2D eigenvalue weighted by atomic mass is 10.2. The summed E-state index contributed by atoms with van der Waals surface area (Å²) in [7, 11) is 0. The third kappa shape index (κ3) is 5.34. The Morgan fingerprint density at radius 3 is 2.09 bits per heavy atom. The third-order valence-corrected chi connectivity index (χ3v) is 1.13. The lowest BCUT2D eigenvalue weighted by Crippen LogP contribution is -1.85. The predicted octanol–water partition coefficient (Wildman–Crippen LogP) is 2.65. The van der Waals surface area contributed by atoms with Crippen molar-refractivity contribution >= 4 is 5.78 Å². The lowest BCUT2D eigenvalue weighted by molar-refractivity contribution is -0.110. The molecule has 0 unspecified atom stereocenters. The standard InChI is InChI=1S/C10H14O/c1-4-6-9(3)8-10(11)7-5-2/h4-8H,1-3H3/b6-4+,7-5+,9-8+. The van der Waals surface area contributed by atoms with Crippen LogP contribution in [-0.2, 0) is 4.79 Å². The van der Waals surface area contributed by atoms with Gasteiger partial charge < -0.3 is 0 Å². The fraction of sp³-hybridized carbons (Fsp3) is 0.300. The van der Waals surface area contributed by atoms with Crippen LogP contribution in [0, 0.1) is 0 Å². The minimum absolute atomic E-state index is 0.0445. The smallest absolute Gasteiger partial charge is 0.178 e. The van der Waals surface area contributed by atoms with Crippen molar-refractivity contribution in [3.05, 3.63) is 36.0 Å². The summed E-state index contributed by atoms with van der Waals surface area (Å²) in [6, 6.07) is 0. The summed E-state index contributed by atoms with van der Waals surface area (Å²) in [4.78, 5) is 10.9. The first-order valence-electron chi connectivity index (χ1n) is 3.68. The summed E-state index contributed by atoms with van der Waals surface area (Å²) in [5.74, 6) is 0.0445. The van der Waals surface area contributed by atoms with Crippen LogP contribution >= 0.6 is 0 Å². The number of carbonyl (C=O) groups excluding carboxylic acids is 1. The average Bonchev–Trinajstić information content (AvgIpc) is 1.87. The topological polar surface area (TPSA) is 17.1 Å². The van der Waals surface area contributed by atoms with Gasteiger partial charge in [0, 0.05) is 0 Å². The number of carbonyl (C=O) groups is 1. The molecule has 0 aliphatic rings. The molecule has 0 bridgehead atoms. The molecule has 1 heteroatoms. The average molecular weight is 150 g/mol. The lowest BCUT2D eigenvalue weighted by Gasteiger charge is -1.87. The Morgan fingerprint density at radius 2 is 1.64 bits per heavy atom. The first-order valence-corrected chi connectivity index (χ1v) is 3.68. The minimum Gasteiger partial charge on any atom is -0.290 e. The van der Waals surface area contributed by atoms with E-state index in [-0.39, 0.29) is 5.78 Å². The van der Waals surface area contributed by atoms with Crippen LogP contribution in [0.3, 0.4) is 0 Å². The van der Waals surface area contributed by atoms with Gasteiger partial charge in [0.25, 0.3) is 0 Å². The monoisotopic (exact) mass is 150 g/mol. The summed E-state index contributed by atoms with van der Waals surface area (Å²) in [5.41, 5.74) is 0.982. The number of hydrogen-bond donors (Lipinski definition) is 0. The molecule has 0 aliphatic heterocycles. The van der Waals surface area contributed by atoms with Crippen LogP contribution in [0.1, 0.15) is 20.8 Å². The van der Waals surface area contributed by atoms with Crippen LogP contribution in [0.15, 0.2) is 36.0 Å². The molecule has 0 spiro atoms. The van der Waals surface area contributed by atoms with E-state index in [1.807, 2.05) is 32.9 Å². The second kappa shape index (κ2) is 5.66. The molecule has 0 N–H and O–H groups in total. The molecule has 0 radical (unpaired) electrons. The maximum absolute atomic E-state index is 10.9. The number of allylic oxidation sites excluding steroid dienone is 6. The van der Waals surface area contributed by atoms with Crippen LogP contribution in [0.2, 0.25) is 0 Å². The molecule has 0 atom stereocenters. The highest BCUT2D eigenvalue weighted by Crippen LogP contribution is 1.95. The predicted molar refractivity (Wildman–Crippen MR) is 48.4 cm³/mol. The van der Waals surface area contributed by atoms with E-state index in [0.717, 1.165) is 5.57 Å². The minimum atomic E-state index is 0.0445. The van der Waals surface area contributed by atoms with Crippen molar-refractivity contribution in [1.29, 1.82) is 0 Å². The molecule has 1 nitrogen and oxygen atoms in total. The first kappa shape index (κ1) is 9.89. The molecule has 0 aliphatic carbocycles. The van der Waals surface area contributed by atoms with Gasteiger partial charge in [-0.05, 0) is 38.5 Å². The Bertz CT molecular complexity index is 207. The molecule has 0 fully saturated rings. The Labute approximate surface area is 68.1 Å². The van der Waals surface area contributed by atoms with Gasteiger partial charge in [-0.25, -0.2) is 0 Å². The van der Waals surface area contributed by atoms with E-state index in [1.165, 1.54) is 0 Å². The fourth-order valence-corrected chi connectivity index (χ4v) is 0.748. The quantitative estimate of drug-likeness (QED) is 0.446. The molecule has 0 aromatic rings. The van der Waals surface area contributed by atoms with Gasteiger partial charge in [-0.1, -0.05) is 18.2 Å². The van der Waals surface area contributed by atoms with Crippen LogP contribution in [-0.4, -0.2) is 5.78 Å². The summed E-state index contributed by atoms with van der Waals surface area (Å²) in [5, 5.41) is 0. The van der Waals surface area contributed by atoms with Gasteiger partial charge in [0.2, 0.25) is 0 Å². The van der Waals surface area contributed by atoms with E-state index >= 15 is 0 Å². The van der Waals surface area contributed by atoms with Crippen LogP contribution in [0.5, 0.6) is 0 Å². The second-order valence-electron chi connectivity index (χ2n) is 2.29. The summed E-state index contributed by atoms with van der Waals surface area (Å²) in [6.45, 7) is 5.66. The van der Waals surface area contributed by atoms with E-state index in [4.69, 9.17) is 0 Å². The van der Waals surface area contributed by atoms with E-state index in [9.17, 15) is 4.79 Å². The normalized spacial score (nSPS) is 13.2. The van der Waals surface area contributed by atoms with Crippen LogP contribution in [0.4, 0.5) is 0 Å². The van der Waals surface area contributed by atoms with E-state index < -0.39 is 0 Å². The van der Waals surface area contributed by atoms with Gasteiger partial charge in [0.1, 0.15) is 0 Å². The van der Waals surface area contributed by atoms with Crippen molar-refractivity contribution in [3.8, 4) is 0 Å². The largest absolute Gasteiger partial charge is 0.290 e. The highest BCUT2D eigenvalue weighted by atomic mass is 16.1. The Balaban J connectivity index is 4.19. The van der Waals surface area contributed by atoms with Gasteiger partial charge in [0.05, 0.1) is 0 Å². The Kier molecular flexibility index (Phi) is 5.09. The molecular weight excluding hydrogens is 136 g/mol. The molecule has 0 aromatic heterocycles. The molecule has 60 valence electrons. The van der Waals surface area contributed by atoms with Crippen molar-refractivity contribution in [3.63, 3.8) is 0 Å². The number of ketones is 1. The fourth-order valence-electron chi connectivity index (χ4n) is 0.748.